The number of hydrogen-bond donors (Lipinski definition) is 1. The summed E-state index contributed by atoms with van der Waals surface area (Å²) in [7, 11) is 0. The Balaban J connectivity index is 1.68. The maximum absolute atomic E-state index is 12.7. The zero-order valence-corrected chi connectivity index (χ0v) is 14.3. The Labute approximate surface area is 141 Å². The lowest BCUT2D eigenvalue weighted by molar-refractivity contribution is -0.134. The second-order valence-electron chi connectivity index (χ2n) is 5.88. The molecule has 1 saturated heterocycles. The molecule has 1 aromatic heterocycles. The second-order valence-corrected chi connectivity index (χ2v) is 6.60. The second kappa shape index (κ2) is 7.70. The minimum Gasteiger partial charge on any atom is -0.333 e. The van der Waals surface area contributed by atoms with Crippen molar-refractivity contribution in [3.63, 3.8) is 0 Å². The van der Waals surface area contributed by atoms with Gasteiger partial charge in [-0.25, -0.2) is 4.98 Å². The van der Waals surface area contributed by atoms with E-state index in [0.717, 1.165) is 38.2 Å². The van der Waals surface area contributed by atoms with Gasteiger partial charge < -0.3 is 10.2 Å². The van der Waals surface area contributed by atoms with Crippen molar-refractivity contribution in [2.24, 2.45) is 0 Å². The summed E-state index contributed by atoms with van der Waals surface area (Å²) < 4.78 is 0. The molecule has 1 aliphatic heterocycles. The highest BCUT2D eigenvalue weighted by molar-refractivity contribution is 7.07. The summed E-state index contributed by atoms with van der Waals surface area (Å²) >= 11 is 1.58. The fraction of sp³-hybridized carbons (Fsp3) is 0.444. The van der Waals surface area contributed by atoms with Gasteiger partial charge >= 0.3 is 0 Å². The fourth-order valence-electron chi connectivity index (χ4n) is 3.02. The molecule has 1 amide bonds. The first-order valence-corrected chi connectivity index (χ1v) is 9.18. The van der Waals surface area contributed by atoms with Crippen molar-refractivity contribution >= 4 is 17.2 Å². The maximum atomic E-state index is 12.7. The first-order chi connectivity index (χ1) is 11.3. The van der Waals surface area contributed by atoms with Gasteiger partial charge in [0.15, 0.2) is 0 Å². The number of carbonyl (C=O) groups excluding carboxylic acids is 1. The van der Waals surface area contributed by atoms with Gasteiger partial charge in [0.2, 0.25) is 5.91 Å². The van der Waals surface area contributed by atoms with Crippen LogP contribution in [0.15, 0.2) is 35.2 Å². The molecule has 1 fully saturated rings. The van der Waals surface area contributed by atoms with Crippen LogP contribution < -0.4 is 5.32 Å². The van der Waals surface area contributed by atoms with Crippen LogP contribution in [-0.2, 0) is 17.6 Å². The Hall–Kier alpha value is -1.72. The molecule has 0 saturated carbocycles. The van der Waals surface area contributed by atoms with Crippen LogP contribution in [0, 0.1) is 0 Å². The number of aryl methyl sites for hydroxylation is 2. The first-order valence-electron chi connectivity index (χ1n) is 8.24. The summed E-state index contributed by atoms with van der Waals surface area (Å²) in [5.74, 6) is 0.226. The van der Waals surface area contributed by atoms with E-state index in [2.05, 4.69) is 41.5 Å². The van der Waals surface area contributed by atoms with E-state index in [9.17, 15) is 4.79 Å². The largest absolute Gasteiger partial charge is 0.333 e. The molecular weight excluding hydrogens is 306 g/mol. The highest BCUT2D eigenvalue weighted by Gasteiger charge is 2.27. The van der Waals surface area contributed by atoms with Crippen LogP contribution in [0.1, 0.15) is 36.2 Å². The summed E-state index contributed by atoms with van der Waals surface area (Å²) in [5.41, 5.74) is 5.39. The third-order valence-electron chi connectivity index (χ3n) is 4.41. The number of nitrogens with zero attached hydrogens (tertiary/aromatic N) is 2. The van der Waals surface area contributed by atoms with Gasteiger partial charge in [-0.2, -0.15) is 0 Å². The van der Waals surface area contributed by atoms with Gasteiger partial charge in [-0.3, -0.25) is 4.79 Å². The van der Waals surface area contributed by atoms with Crippen molar-refractivity contribution in [1.29, 1.82) is 0 Å². The SMILES string of the molecule is CCc1ccc(C2CNCCN2C(=O)CCc2cscn2)cc1. The van der Waals surface area contributed by atoms with Crippen molar-refractivity contribution in [2.75, 3.05) is 19.6 Å². The molecule has 4 nitrogen and oxygen atoms in total. The van der Waals surface area contributed by atoms with Crippen LogP contribution in [0.4, 0.5) is 0 Å². The number of rotatable bonds is 5. The minimum atomic E-state index is 0.137. The minimum absolute atomic E-state index is 0.137. The van der Waals surface area contributed by atoms with E-state index < -0.39 is 0 Å². The lowest BCUT2D eigenvalue weighted by Crippen LogP contribution is -2.48. The number of nitrogens with one attached hydrogen (secondary N) is 1. The quantitative estimate of drug-likeness (QED) is 0.917. The summed E-state index contributed by atoms with van der Waals surface area (Å²) in [6.07, 6.45) is 2.31. The van der Waals surface area contributed by atoms with Crippen LogP contribution in [0.2, 0.25) is 0 Å². The van der Waals surface area contributed by atoms with Gasteiger partial charge in [-0.1, -0.05) is 31.2 Å². The van der Waals surface area contributed by atoms with Gasteiger partial charge in [0.1, 0.15) is 0 Å². The van der Waals surface area contributed by atoms with Crippen molar-refractivity contribution in [1.82, 2.24) is 15.2 Å². The van der Waals surface area contributed by atoms with E-state index >= 15 is 0 Å². The molecule has 1 atom stereocenters. The molecule has 23 heavy (non-hydrogen) atoms. The number of piperazine rings is 1. The average Bonchev–Trinajstić information content (AvgIpc) is 3.13. The first kappa shape index (κ1) is 16.1. The number of thiazole rings is 1. The topological polar surface area (TPSA) is 45.2 Å². The molecule has 0 radical (unpaired) electrons. The molecule has 1 N–H and O–H groups in total. The highest BCUT2D eigenvalue weighted by Crippen LogP contribution is 2.24. The molecule has 2 heterocycles. The van der Waals surface area contributed by atoms with Gasteiger partial charge in [0, 0.05) is 31.4 Å². The van der Waals surface area contributed by atoms with Gasteiger partial charge in [0.05, 0.1) is 17.2 Å². The van der Waals surface area contributed by atoms with Gasteiger partial charge in [-0.05, 0) is 24.0 Å². The molecule has 1 aliphatic rings. The van der Waals surface area contributed by atoms with E-state index in [4.69, 9.17) is 0 Å². The average molecular weight is 329 g/mol. The van der Waals surface area contributed by atoms with Crippen LogP contribution >= 0.6 is 11.3 Å². The monoisotopic (exact) mass is 329 g/mol. The van der Waals surface area contributed by atoms with Crippen LogP contribution in [0.5, 0.6) is 0 Å². The van der Waals surface area contributed by atoms with E-state index in [-0.39, 0.29) is 11.9 Å². The van der Waals surface area contributed by atoms with Gasteiger partial charge in [0.25, 0.3) is 0 Å². The number of carbonyl (C=O) groups is 1. The van der Waals surface area contributed by atoms with E-state index in [0.29, 0.717) is 6.42 Å². The van der Waals surface area contributed by atoms with E-state index in [1.54, 1.807) is 11.3 Å². The number of hydrogen-bond acceptors (Lipinski definition) is 4. The van der Waals surface area contributed by atoms with Crippen LogP contribution in [0.25, 0.3) is 0 Å². The van der Waals surface area contributed by atoms with Crippen LogP contribution in [0.3, 0.4) is 0 Å². The third-order valence-corrected chi connectivity index (χ3v) is 5.05. The summed E-state index contributed by atoms with van der Waals surface area (Å²) in [6.45, 7) is 4.63. The van der Waals surface area contributed by atoms with Crippen LogP contribution in [-0.4, -0.2) is 35.4 Å². The molecular formula is C18H23N3OS. The maximum Gasteiger partial charge on any atom is 0.223 e. The normalized spacial score (nSPS) is 18.1. The third kappa shape index (κ3) is 3.98. The predicted octanol–water partition coefficient (Wildman–Crippen LogP) is 2.81. The van der Waals surface area contributed by atoms with Crippen molar-refractivity contribution in [3.05, 3.63) is 52.0 Å². The lowest BCUT2D eigenvalue weighted by atomic mass is 10.0. The molecule has 0 aliphatic carbocycles. The lowest BCUT2D eigenvalue weighted by Gasteiger charge is -2.36. The Kier molecular flexibility index (Phi) is 5.41. The van der Waals surface area contributed by atoms with Crippen molar-refractivity contribution in [3.8, 4) is 0 Å². The summed E-state index contributed by atoms with van der Waals surface area (Å²) in [4.78, 5) is 19.0. The van der Waals surface area contributed by atoms with Gasteiger partial charge in [-0.15, -0.1) is 11.3 Å². The Morgan fingerprint density at radius 3 is 2.91 bits per heavy atom. The molecule has 122 valence electrons. The predicted molar refractivity (Wildman–Crippen MR) is 93.6 cm³/mol. The standard InChI is InChI=1S/C18H23N3OS/c1-2-14-3-5-15(6-4-14)17-11-19-9-10-21(17)18(22)8-7-16-12-23-13-20-16/h3-6,12-13,17,19H,2,7-11H2,1H3. The molecule has 1 unspecified atom stereocenters. The molecule has 1 aromatic carbocycles. The molecule has 3 rings (SSSR count). The Morgan fingerprint density at radius 1 is 1.39 bits per heavy atom. The van der Waals surface area contributed by atoms with Crippen molar-refractivity contribution < 1.29 is 4.79 Å². The van der Waals surface area contributed by atoms with E-state index in [1.807, 2.05) is 15.8 Å². The van der Waals surface area contributed by atoms with Crippen molar-refractivity contribution in [2.45, 2.75) is 32.2 Å². The molecule has 5 heteroatoms. The Morgan fingerprint density at radius 2 is 2.22 bits per heavy atom. The fourth-order valence-corrected chi connectivity index (χ4v) is 3.61. The smallest absolute Gasteiger partial charge is 0.223 e. The molecule has 2 aromatic rings. The zero-order valence-electron chi connectivity index (χ0n) is 13.5. The summed E-state index contributed by atoms with van der Waals surface area (Å²) in [5, 5.41) is 5.43. The molecule has 0 spiro atoms. The summed E-state index contributed by atoms with van der Waals surface area (Å²) in [6, 6.07) is 8.80. The zero-order chi connectivity index (χ0) is 16.1. The number of amides is 1. The van der Waals surface area contributed by atoms with E-state index in [1.165, 1.54) is 11.1 Å². The Bertz CT molecular complexity index is 624. The highest BCUT2D eigenvalue weighted by atomic mass is 32.1. The molecule has 0 bridgehead atoms. The number of aromatic nitrogens is 1. The number of benzene rings is 1.